The third kappa shape index (κ3) is 2.19. The van der Waals surface area contributed by atoms with Gasteiger partial charge in [0.05, 0.1) is 6.54 Å². The highest BCUT2D eigenvalue weighted by molar-refractivity contribution is 5.73. The quantitative estimate of drug-likeness (QED) is 0.568. The topological polar surface area (TPSA) is 75.3 Å². The van der Waals surface area contributed by atoms with Crippen molar-refractivity contribution in [2.45, 2.75) is 76.5 Å². The second kappa shape index (κ2) is 5.39. The molecule has 0 aromatic rings. The van der Waals surface area contributed by atoms with E-state index in [-0.39, 0.29) is 30.5 Å². The van der Waals surface area contributed by atoms with Gasteiger partial charge in [0, 0.05) is 12.3 Å². The molecule has 1 aliphatic carbocycles. The second-order valence-corrected chi connectivity index (χ2v) is 8.66. The highest BCUT2D eigenvalue weighted by atomic mass is 17.3. The van der Waals surface area contributed by atoms with Crippen molar-refractivity contribution in [3.63, 3.8) is 0 Å². The molecule has 7 nitrogen and oxygen atoms in total. The maximum Gasteiger partial charge on any atom is 0.321 e. The van der Waals surface area contributed by atoms with Crippen LogP contribution in [0.15, 0.2) is 0 Å². The first kappa shape index (κ1) is 16.4. The Morgan fingerprint density at radius 1 is 1.12 bits per heavy atom. The van der Waals surface area contributed by atoms with Gasteiger partial charge in [0.2, 0.25) is 5.79 Å². The normalized spacial score (nSPS) is 57.7. The number of nitrogens with one attached hydrogen (secondary N) is 1. The molecule has 5 heterocycles. The van der Waals surface area contributed by atoms with Crippen molar-refractivity contribution in [1.82, 2.24) is 5.32 Å². The summed E-state index contributed by atoms with van der Waals surface area (Å²) in [7, 11) is 0. The summed E-state index contributed by atoms with van der Waals surface area (Å²) in [6, 6.07) is 0. The lowest BCUT2D eigenvalue weighted by atomic mass is 9.57. The van der Waals surface area contributed by atoms with E-state index in [1.807, 2.05) is 6.92 Å². The zero-order valence-electron chi connectivity index (χ0n) is 15.0. The van der Waals surface area contributed by atoms with Gasteiger partial charge >= 0.3 is 5.97 Å². The molecule has 6 unspecified atom stereocenters. The van der Waals surface area contributed by atoms with Crippen LogP contribution in [-0.4, -0.2) is 42.5 Å². The lowest BCUT2D eigenvalue weighted by Crippen LogP contribution is -2.71. The van der Waals surface area contributed by atoms with Gasteiger partial charge in [-0.25, -0.2) is 9.78 Å². The molecule has 1 saturated carbocycles. The van der Waals surface area contributed by atoms with Crippen LogP contribution in [0.3, 0.4) is 0 Å². The lowest BCUT2D eigenvalue weighted by molar-refractivity contribution is -0.572. The van der Waals surface area contributed by atoms with Crippen LogP contribution in [0.4, 0.5) is 0 Å². The number of esters is 1. The van der Waals surface area contributed by atoms with Crippen molar-refractivity contribution in [1.29, 1.82) is 0 Å². The molecule has 0 amide bonds. The minimum Gasteiger partial charge on any atom is -0.443 e. The van der Waals surface area contributed by atoms with Crippen LogP contribution >= 0.6 is 0 Å². The van der Waals surface area contributed by atoms with Gasteiger partial charge in [-0.3, -0.25) is 10.1 Å². The Labute approximate surface area is 147 Å². The van der Waals surface area contributed by atoms with E-state index in [1.54, 1.807) is 0 Å². The zero-order valence-corrected chi connectivity index (χ0v) is 15.0. The van der Waals surface area contributed by atoms with Gasteiger partial charge in [0.15, 0.2) is 18.1 Å². The Bertz CT molecular complexity index is 586. The lowest BCUT2D eigenvalue weighted by Gasteiger charge is -2.60. The van der Waals surface area contributed by atoms with Crippen LogP contribution in [0.1, 0.15) is 46.5 Å². The van der Waals surface area contributed by atoms with Gasteiger partial charge < -0.3 is 14.2 Å². The van der Waals surface area contributed by atoms with E-state index in [0.29, 0.717) is 11.8 Å². The van der Waals surface area contributed by atoms with Gasteiger partial charge in [-0.05, 0) is 43.9 Å². The number of cyclic esters (lactones) is 1. The van der Waals surface area contributed by atoms with Crippen molar-refractivity contribution in [3.05, 3.63) is 0 Å². The molecular weight excluding hydrogens is 326 g/mol. The Morgan fingerprint density at radius 3 is 2.72 bits per heavy atom. The fraction of sp³-hybridized carbons (Fsp3) is 0.944. The summed E-state index contributed by atoms with van der Waals surface area (Å²) >= 11 is 0. The largest absolute Gasteiger partial charge is 0.443 e. The van der Waals surface area contributed by atoms with E-state index in [9.17, 15) is 4.79 Å². The minimum atomic E-state index is -0.775. The second-order valence-electron chi connectivity index (χ2n) is 8.66. The molecule has 1 spiro atoms. The number of hydrogen-bond donors (Lipinski definition) is 1. The summed E-state index contributed by atoms with van der Waals surface area (Å²) in [6.07, 6.45) is 2.87. The van der Waals surface area contributed by atoms with E-state index in [1.165, 1.54) is 6.42 Å². The molecule has 7 heteroatoms. The molecule has 2 bridgehead atoms. The monoisotopic (exact) mass is 353 g/mol. The molecular formula is C18H27NO6. The van der Waals surface area contributed by atoms with Gasteiger partial charge in [-0.15, -0.1) is 0 Å². The van der Waals surface area contributed by atoms with Crippen LogP contribution in [0.25, 0.3) is 0 Å². The summed E-state index contributed by atoms with van der Waals surface area (Å²) < 4.78 is 18.2. The molecule has 5 saturated heterocycles. The molecule has 140 valence electrons. The highest BCUT2D eigenvalue weighted by Gasteiger charge is 2.70. The minimum absolute atomic E-state index is 0.171. The van der Waals surface area contributed by atoms with Crippen molar-refractivity contribution in [3.8, 4) is 0 Å². The first-order valence-corrected chi connectivity index (χ1v) is 9.56. The van der Waals surface area contributed by atoms with Gasteiger partial charge in [-0.1, -0.05) is 13.8 Å². The molecule has 25 heavy (non-hydrogen) atoms. The van der Waals surface area contributed by atoms with Gasteiger partial charge in [0.1, 0.15) is 6.10 Å². The van der Waals surface area contributed by atoms with Crippen molar-refractivity contribution in [2.75, 3.05) is 6.54 Å². The average Bonchev–Trinajstić information content (AvgIpc) is 2.88. The van der Waals surface area contributed by atoms with E-state index in [4.69, 9.17) is 24.0 Å². The van der Waals surface area contributed by atoms with Crippen LogP contribution < -0.4 is 5.32 Å². The molecule has 1 N–H and O–H groups in total. The first-order valence-electron chi connectivity index (χ1n) is 9.56. The molecule has 6 aliphatic rings. The first-order chi connectivity index (χ1) is 11.9. The van der Waals surface area contributed by atoms with Gasteiger partial charge in [-0.2, -0.15) is 0 Å². The van der Waals surface area contributed by atoms with Crippen molar-refractivity contribution < 1.29 is 28.8 Å². The number of rotatable bonds is 1. The summed E-state index contributed by atoms with van der Waals surface area (Å²) in [5.74, 6) is 0.309. The Balaban J connectivity index is 1.53. The molecule has 5 aliphatic heterocycles. The van der Waals surface area contributed by atoms with Crippen LogP contribution in [0, 0.1) is 23.7 Å². The van der Waals surface area contributed by atoms with Crippen LogP contribution in [0.2, 0.25) is 0 Å². The van der Waals surface area contributed by atoms with Crippen molar-refractivity contribution in [2.24, 2.45) is 23.7 Å². The number of carbonyl (C=O) groups excluding carboxylic acids is 1. The summed E-state index contributed by atoms with van der Waals surface area (Å²) in [5.41, 5.74) is -0.563. The summed E-state index contributed by atoms with van der Waals surface area (Å²) in [4.78, 5) is 23.5. The smallest absolute Gasteiger partial charge is 0.321 e. The van der Waals surface area contributed by atoms with Gasteiger partial charge in [0.25, 0.3) is 0 Å². The summed E-state index contributed by atoms with van der Waals surface area (Å²) in [6.45, 7) is 6.62. The Hall–Kier alpha value is -0.730. The number of carbonyl (C=O) groups is 1. The highest BCUT2D eigenvalue weighted by Crippen LogP contribution is 2.60. The molecule has 0 aromatic carbocycles. The standard InChI is InChI=1S/C18H27NO6/c1-9-4-5-12-10(2)14(15-19-8-13(20)21-15)22-16-18(12)11(9)6-7-17(3,23-16)24-25-18/h9-12,14-16,19H,4-8H2,1-3H3/t9-,10-,11?,12?,14?,15?,16-,17?,18?/m1/s1. The number of ether oxygens (including phenoxy) is 3. The summed E-state index contributed by atoms with van der Waals surface area (Å²) in [5, 5.41) is 3.13. The van der Waals surface area contributed by atoms with Crippen molar-refractivity contribution >= 4 is 5.97 Å². The molecule has 6 fully saturated rings. The zero-order chi connectivity index (χ0) is 17.4. The maximum atomic E-state index is 11.6. The maximum absolute atomic E-state index is 11.6. The van der Waals surface area contributed by atoms with Crippen LogP contribution in [-0.2, 0) is 28.8 Å². The van der Waals surface area contributed by atoms with Crippen LogP contribution in [0.5, 0.6) is 0 Å². The fourth-order valence-electron chi connectivity index (χ4n) is 5.87. The average molecular weight is 353 g/mol. The predicted octanol–water partition coefficient (Wildman–Crippen LogP) is 1.71. The number of fused-ring (bicyclic) bond motifs is 2. The Morgan fingerprint density at radius 2 is 1.96 bits per heavy atom. The SMILES string of the molecule is C[C@H]1C(C2NCC(=O)O2)O[C@@H]2OC3(C)CCC4[C@H](C)CCC1C42OO3. The third-order valence-electron chi connectivity index (χ3n) is 7.21. The number of hydrogen-bond acceptors (Lipinski definition) is 7. The fourth-order valence-corrected chi connectivity index (χ4v) is 5.87. The Kier molecular flexibility index (Phi) is 3.55. The van der Waals surface area contributed by atoms with E-state index in [0.717, 1.165) is 19.3 Å². The van der Waals surface area contributed by atoms with E-state index < -0.39 is 23.9 Å². The molecule has 9 atom stereocenters. The predicted molar refractivity (Wildman–Crippen MR) is 84.7 cm³/mol. The molecule has 0 aromatic heterocycles. The molecule has 0 radical (unpaired) electrons. The third-order valence-corrected chi connectivity index (χ3v) is 7.21. The molecule has 6 rings (SSSR count). The van der Waals surface area contributed by atoms with E-state index >= 15 is 0 Å². The van der Waals surface area contributed by atoms with E-state index in [2.05, 4.69) is 19.2 Å².